The molecule has 1 rings (SSSR count). The van der Waals surface area contributed by atoms with Crippen molar-refractivity contribution < 1.29 is 34.7 Å². The Morgan fingerprint density at radius 3 is 2.64 bits per heavy atom. The van der Waals surface area contributed by atoms with Gasteiger partial charge in [-0.15, -0.1) is 16.5 Å². The summed E-state index contributed by atoms with van der Waals surface area (Å²) >= 11 is 5.39. The third-order valence-electron chi connectivity index (χ3n) is 3.14. The lowest BCUT2D eigenvalue weighted by atomic mass is 9.93. The van der Waals surface area contributed by atoms with E-state index >= 15 is 0 Å². The average Bonchev–Trinajstić information content (AvgIpc) is 2.50. The third kappa shape index (κ3) is 3.63. The number of urea groups is 1. The predicted octanol–water partition coefficient (Wildman–Crippen LogP) is -2.31. The highest BCUT2D eigenvalue weighted by Gasteiger charge is 2.56. The minimum absolute atomic E-state index is 0.0977. The number of aliphatic hydroxyl groups excluding tert-OH is 3. The molecule has 12 heteroatoms. The number of methoxy groups -OCH3 is 1. The van der Waals surface area contributed by atoms with Gasteiger partial charge in [-0.05, 0) is 0 Å². The van der Waals surface area contributed by atoms with Crippen LogP contribution in [0.15, 0.2) is 5.29 Å². The maximum absolute atomic E-state index is 11.9. The Morgan fingerprint density at radius 2 is 2.18 bits per heavy atom. The van der Waals surface area contributed by atoms with Crippen molar-refractivity contribution in [2.75, 3.05) is 26.1 Å². The second kappa shape index (κ2) is 7.97. The van der Waals surface area contributed by atoms with E-state index in [0.717, 1.165) is 7.11 Å². The normalized spacial score (nSPS) is 35.0. The molecular weight excluding hydrogens is 326 g/mol. The second-order valence-electron chi connectivity index (χ2n) is 4.51. The molecule has 0 radical (unpaired) electrons. The van der Waals surface area contributed by atoms with Crippen LogP contribution >= 0.6 is 11.6 Å². The Bertz CT molecular complexity index is 398. The van der Waals surface area contributed by atoms with Crippen molar-refractivity contribution in [1.29, 1.82) is 0 Å². The summed E-state index contributed by atoms with van der Waals surface area (Å²) in [5, 5.41) is 43.9. The van der Waals surface area contributed by atoms with Crippen molar-refractivity contribution >= 4 is 17.6 Å². The smallest absolute Gasteiger partial charge is 0.342 e. The van der Waals surface area contributed by atoms with Gasteiger partial charge in [-0.1, -0.05) is 0 Å². The van der Waals surface area contributed by atoms with Crippen LogP contribution in [-0.4, -0.2) is 87.9 Å². The fourth-order valence-electron chi connectivity index (χ4n) is 1.96. The van der Waals surface area contributed by atoms with E-state index < -0.39 is 43.0 Å². The van der Waals surface area contributed by atoms with Crippen molar-refractivity contribution in [2.24, 2.45) is 5.29 Å². The molecule has 5 atom stereocenters. The van der Waals surface area contributed by atoms with E-state index in [0.29, 0.717) is 5.01 Å². The molecule has 11 nitrogen and oxygen atoms in total. The number of carbonyl (C=O) groups is 1. The first kappa shape index (κ1) is 19.0. The molecule has 0 aromatic heterocycles. The molecule has 1 aliphatic heterocycles. The summed E-state index contributed by atoms with van der Waals surface area (Å²) in [6.07, 6.45) is -6.53. The number of nitroso groups, excluding NO2 is 1. The summed E-state index contributed by atoms with van der Waals surface area (Å²) in [6, 6.07) is -1.18. The largest absolute Gasteiger partial charge is 0.394 e. The van der Waals surface area contributed by atoms with Crippen LogP contribution in [0, 0.1) is 4.91 Å². The molecule has 1 fully saturated rings. The molecule has 0 spiro atoms. The molecule has 1 aliphatic rings. The van der Waals surface area contributed by atoms with Gasteiger partial charge in [0.1, 0.15) is 18.3 Å². The third-order valence-corrected chi connectivity index (χ3v) is 3.31. The molecule has 0 bridgehead atoms. The summed E-state index contributed by atoms with van der Waals surface area (Å²) in [5.74, 6) is -0.0977. The van der Waals surface area contributed by atoms with Crippen LogP contribution in [0.1, 0.15) is 0 Å². The standard InChI is InChI=1S/C10H18ClN3O8/c1-21-8-10(19,7(17)6(16)5(4-15)22-8)12-9(18)14(13-20)3-2-11/h5-8,15-17,19H,2-4H2,1H3,(H,12,18)/t5-,6-,7+,8+,10+/m1/s1. The quantitative estimate of drug-likeness (QED) is 0.155. The number of alkyl halides is 1. The van der Waals surface area contributed by atoms with Crippen molar-refractivity contribution in [3.63, 3.8) is 0 Å². The van der Waals surface area contributed by atoms with Gasteiger partial charge in [0.2, 0.25) is 12.0 Å². The minimum atomic E-state index is -2.58. The molecule has 128 valence electrons. The van der Waals surface area contributed by atoms with Gasteiger partial charge in [0, 0.05) is 13.0 Å². The van der Waals surface area contributed by atoms with E-state index in [1.54, 1.807) is 0 Å². The number of amides is 2. The van der Waals surface area contributed by atoms with Gasteiger partial charge in [-0.3, -0.25) is 0 Å². The fourth-order valence-corrected chi connectivity index (χ4v) is 2.12. The summed E-state index contributed by atoms with van der Waals surface area (Å²) in [7, 11) is 1.11. The van der Waals surface area contributed by atoms with Gasteiger partial charge in [0.15, 0.2) is 0 Å². The Hall–Kier alpha value is -1.08. The van der Waals surface area contributed by atoms with Gasteiger partial charge in [-0.2, -0.15) is 5.01 Å². The highest BCUT2D eigenvalue weighted by atomic mass is 35.5. The maximum Gasteiger partial charge on any atom is 0.342 e. The number of carbonyl (C=O) groups excluding carboxylic acids is 1. The number of hydrogen-bond donors (Lipinski definition) is 5. The zero-order chi connectivity index (χ0) is 16.9. The molecule has 0 unspecified atom stereocenters. The highest BCUT2D eigenvalue weighted by Crippen LogP contribution is 2.28. The van der Waals surface area contributed by atoms with Crippen LogP contribution in [0.3, 0.4) is 0 Å². The van der Waals surface area contributed by atoms with Crippen molar-refractivity contribution in [3.8, 4) is 0 Å². The number of nitrogens with zero attached hydrogens (tertiary/aromatic N) is 2. The Morgan fingerprint density at radius 1 is 1.55 bits per heavy atom. The Balaban J connectivity index is 2.96. The first-order chi connectivity index (χ1) is 10.3. The number of aliphatic hydroxyl groups is 4. The Labute approximate surface area is 130 Å². The predicted molar refractivity (Wildman–Crippen MR) is 71.5 cm³/mol. The number of rotatable bonds is 6. The van der Waals surface area contributed by atoms with Crippen LogP contribution in [0.5, 0.6) is 0 Å². The molecule has 1 saturated heterocycles. The average molecular weight is 344 g/mol. The molecule has 5 N–H and O–H groups in total. The van der Waals surface area contributed by atoms with Gasteiger partial charge in [0.25, 0.3) is 0 Å². The molecule has 0 saturated carbocycles. The van der Waals surface area contributed by atoms with E-state index in [4.69, 9.17) is 26.2 Å². The number of ether oxygens (including phenoxy) is 2. The lowest BCUT2D eigenvalue weighted by molar-refractivity contribution is -0.341. The molecule has 1 heterocycles. The first-order valence-electron chi connectivity index (χ1n) is 6.22. The number of nitrogens with one attached hydrogen (secondary N) is 1. The van der Waals surface area contributed by atoms with Crippen LogP contribution < -0.4 is 5.32 Å². The van der Waals surface area contributed by atoms with Crippen LogP contribution in [0.2, 0.25) is 0 Å². The highest BCUT2D eigenvalue weighted by molar-refractivity contribution is 6.18. The zero-order valence-electron chi connectivity index (χ0n) is 11.6. The van der Waals surface area contributed by atoms with Gasteiger partial charge in [-0.25, -0.2) is 4.79 Å². The summed E-state index contributed by atoms with van der Waals surface area (Å²) < 4.78 is 9.87. The number of hydrogen-bond acceptors (Lipinski definition) is 9. The van der Waals surface area contributed by atoms with E-state index in [9.17, 15) is 25.0 Å². The molecule has 0 aliphatic carbocycles. The fraction of sp³-hybridized carbons (Fsp3) is 0.900. The molecule has 2 amide bonds. The van der Waals surface area contributed by atoms with Gasteiger partial charge >= 0.3 is 6.03 Å². The molecule has 0 aromatic carbocycles. The van der Waals surface area contributed by atoms with Crippen molar-refractivity contribution in [1.82, 2.24) is 10.3 Å². The maximum atomic E-state index is 11.9. The summed E-state index contributed by atoms with van der Waals surface area (Å²) in [4.78, 5) is 22.4. The van der Waals surface area contributed by atoms with Gasteiger partial charge in [0.05, 0.1) is 18.4 Å². The summed E-state index contributed by atoms with van der Waals surface area (Å²) in [5.41, 5.74) is -2.58. The minimum Gasteiger partial charge on any atom is -0.394 e. The van der Waals surface area contributed by atoms with E-state index in [2.05, 4.69) is 5.29 Å². The number of halogens is 1. The second-order valence-corrected chi connectivity index (χ2v) is 4.89. The zero-order valence-corrected chi connectivity index (χ0v) is 12.4. The summed E-state index contributed by atoms with van der Waals surface area (Å²) in [6.45, 7) is -0.903. The van der Waals surface area contributed by atoms with Crippen LogP contribution in [-0.2, 0) is 9.47 Å². The Kier molecular flexibility index (Phi) is 6.87. The van der Waals surface area contributed by atoms with Gasteiger partial charge < -0.3 is 35.2 Å². The molecular formula is C10H18ClN3O8. The van der Waals surface area contributed by atoms with E-state index in [1.165, 1.54) is 0 Å². The van der Waals surface area contributed by atoms with E-state index in [1.807, 2.05) is 5.32 Å². The van der Waals surface area contributed by atoms with Crippen LogP contribution in [0.25, 0.3) is 0 Å². The SMILES string of the molecule is CO[C@H]1O[C@H](CO)[C@@H](O)[C@H](O)[C@@]1(O)NC(=O)N(CCCl)N=O. The lowest BCUT2D eigenvalue weighted by Crippen LogP contribution is -2.74. The van der Waals surface area contributed by atoms with Crippen molar-refractivity contribution in [2.45, 2.75) is 30.3 Å². The molecule has 0 aromatic rings. The topological polar surface area (TPSA) is 161 Å². The monoisotopic (exact) mass is 343 g/mol. The van der Waals surface area contributed by atoms with E-state index in [-0.39, 0.29) is 12.4 Å². The van der Waals surface area contributed by atoms with Crippen molar-refractivity contribution in [3.05, 3.63) is 4.91 Å². The lowest BCUT2D eigenvalue weighted by Gasteiger charge is -2.47. The molecule has 22 heavy (non-hydrogen) atoms. The van der Waals surface area contributed by atoms with Crippen LogP contribution in [0.4, 0.5) is 4.79 Å². The first-order valence-corrected chi connectivity index (χ1v) is 6.75.